The van der Waals surface area contributed by atoms with Crippen LogP contribution < -0.4 is 15.4 Å². The van der Waals surface area contributed by atoms with Crippen LogP contribution in [0, 0.1) is 5.92 Å². The Morgan fingerprint density at radius 2 is 1.82 bits per heavy atom. The van der Waals surface area contributed by atoms with E-state index >= 15 is 0 Å². The second-order valence-electron chi connectivity index (χ2n) is 6.46. The molecule has 7 nitrogen and oxygen atoms in total. The molecule has 2 amide bonds. The molecule has 146 valence electrons. The number of benzene rings is 2. The van der Waals surface area contributed by atoms with Gasteiger partial charge in [0.05, 0.1) is 12.5 Å². The highest BCUT2D eigenvalue weighted by Gasteiger charge is 2.38. The smallest absolute Gasteiger partial charge is 0.312 e. The Bertz CT molecular complexity index is 851. The molecular weight excluding hydrogens is 360 g/mol. The zero-order chi connectivity index (χ0) is 20.1. The van der Waals surface area contributed by atoms with Crippen LogP contribution in [0.25, 0.3) is 0 Å². The van der Waals surface area contributed by atoms with Gasteiger partial charge >= 0.3 is 5.97 Å². The molecule has 28 heavy (non-hydrogen) atoms. The van der Waals surface area contributed by atoms with Crippen LogP contribution in [-0.4, -0.2) is 30.9 Å². The van der Waals surface area contributed by atoms with Crippen molar-refractivity contribution < 1.29 is 23.9 Å². The van der Waals surface area contributed by atoms with Gasteiger partial charge in [0.1, 0.15) is 5.75 Å². The zero-order valence-electron chi connectivity index (χ0n) is 15.5. The van der Waals surface area contributed by atoms with Crippen LogP contribution in [0.2, 0.25) is 0 Å². The lowest BCUT2D eigenvalue weighted by molar-refractivity contribution is -0.159. The van der Waals surface area contributed by atoms with E-state index in [1.165, 1.54) is 4.90 Å². The molecule has 0 saturated carbocycles. The molecule has 0 radical (unpaired) electrons. The second kappa shape index (κ2) is 8.56. The van der Waals surface area contributed by atoms with E-state index in [0.717, 1.165) is 0 Å². The number of carbonyl (C=O) groups excluding carboxylic acids is 3. The lowest BCUT2D eigenvalue weighted by atomic mass is 10.1. The first-order chi connectivity index (χ1) is 13.5. The van der Waals surface area contributed by atoms with Crippen LogP contribution in [0.5, 0.6) is 5.75 Å². The molecule has 0 aliphatic carbocycles. The molecule has 0 bridgehead atoms. The molecule has 7 heteroatoms. The van der Waals surface area contributed by atoms with Crippen molar-refractivity contribution in [2.24, 2.45) is 11.7 Å². The van der Waals surface area contributed by atoms with E-state index in [1.54, 1.807) is 54.6 Å². The molecule has 0 spiro atoms. The maximum Gasteiger partial charge on any atom is 0.312 e. The van der Waals surface area contributed by atoms with Crippen molar-refractivity contribution in [3.8, 4) is 5.75 Å². The van der Waals surface area contributed by atoms with E-state index in [9.17, 15) is 14.4 Å². The predicted octanol–water partition coefficient (Wildman–Crippen LogP) is 2.21. The van der Waals surface area contributed by atoms with E-state index < -0.39 is 23.9 Å². The van der Waals surface area contributed by atoms with E-state index in [-0.39, 0.29) is 18.9 Å². The fourth-order valence-corrected chi connectivity index (χ4v) is 3.13. The number of amides is 2. The first-order valence-electron chi connectivity index (χ1n) is 9.07. The Labute approximate surface area is 163 Å². The van der Waals surface area contributed by atoms with E-state index in [1.807, 2.05) is 6.92 Å². The summed E-state index contributed by atoms with van der Waals surface area (Å²) in [6.45, 7) is 2.63. The van der Waals surface area contributed by atoms with Crippen molar-refractivity contribution in [2.75, 3.05) is 18.1 Å². The standard InChI is InChI=1S/C21H22N2O5/c1-2-27-17-10-8-16(9-11-17)23-13-15(12-18(23)24)21(26)28-19(20(22)25)14-6-4-3-5-7-14/h3-11,15,19H,2,12-13H2,1H3,(H2,22,25)/t15-,19+/m0/s1. The minimum absolute atomic E-state index is 0.0202. The lowest BCUT2D eigenvalue weighted by Gasteiger charge is -2.19. The summed E-state index contributed by atoms with van der Waals surface area (Å²) in [5.74, 6) is -1.51. The van der Waals surface area contributed by atoms with Crippen molar-refractivity contribution in [1.29, 1.82) is 0 Å². The molecule has 1 aliphatic heterocycles. The Balaban J connectivity index is 1.68. The summed E-state index contributed by atoms with van der Waals surface area (Å²) in [6.07, 6.45) is -1.16. The van der Waals surface area contributed by atoms with Crippen molar-refractivity contribution in [1.82, 2.24) is 0 Å². The average molecular weight is 382 g/mol. The minimum atomic E-state index is -1.18. The van der Waals surface area contributed by atoms with Gasteiger partial charge in [-0.1, -0.05) is 30.3 Å². The summed E-state index contributed by atoms with van der Waals surface area (Å²) in [4.78, 5) is 38.2. The monoisotopic (exact) mass is 382 g/mol. The number of esters is 1. The zero-order valence-corrected chi connectivity index (χ0v) is 15.5. The molecule has 3 rings (SSSR count). The predicted molar refractivity (Wildman–Crippen MR) is 103 cm³/mol. The van der Waals surface area contributed by atoms with Gasteiger partial charge in [-0.15, -0.1) is 0 Å². The molecule has 0 unspecified atom stereocenters. The fourth-order valence-electron chi connectivity index (χ4n) is 3.13. The molecule has 1 saturated heterocycles. The van der Waals surface area contributed by atoms with Gasteiger partial charge in [-0.3, -0.25) is 14.4 Å². The molecule has 1 aliphatic rings. The van der Waals surface area contributed by atoms with Crippen molar-refractivity contribution in [3.63, 3.8) is 0 Å². The number of nitrogens with two attached hydrogens (primary N) is 1. The van der Waals surface area contributed by atoms with Gasteiger partial charge in [0.15, 0.2) is 0 Å². The minimum Gasteiger partial charge on any atom is -0.494 e. The summed E-state index contributed by atoms with van der Waals surface area (Å²) in [5, 5.41) is 0. The number of anilines is 1. The van der Waals surface area contributed by atoms with Gasteiger partial charge in [0, 0.05) is 24.2 Å². The van der Waals surface area contributed by atoms with Crippen LogP contribution in [0.15, 0.2) is 54.6 Å². The fraction of sp³-hybridized carbons (Fsp3) is 0.286. The van der Waals surface area contributed by atoms with E-state index in [0.29, 0.717) is 23.6 Å². The quantitative estimate of drug-likeness (QED) is 0.740. The average Bonchev–Trinajstić information content (AvgIpc) is 3.09. The Hall–Kier alpha value is -3.35. The van der Waals surface area contributed by atoms with Crippen LogP contribution in [0.4, 0.5) is 5.69 Å². The van der Waals surface area contributed by atoms with Gasteiger partial charge in [-0.05, 0) is 31.2 Å². The third kappa shape index (κ3) is 4.31. The SMILES string of the molecule is CCOc1ccc(N2C[C@@H](C(=O)O[C@@H](C(N)=O)c3ccccc3)CC2=O)cc1. The summed E-state index contributed by atoms with van der Waals surface area (Å²) < 4.78 is 10.7. The van der Waals surface area contributed by atoms with Crippen molar-refractivity contribution in [3.05, 3.63) is 60.2 Å². The van der Waals surface area contributed by atoms with Crippen molar-refractivity contribution in [2.45, 2.75) is 19.4 Å². The van der Waals surface area contributed by atoms with Gasteiger partial charge in [0.25, 0.3) is 5.91 Å². The van der Waals surface area contributed by atoms with Crippen LogP contribution in [-0.2, 0) is 19.1 Å². The lowest BCUT2D eigenvalue weighted by Crippen LogP contribution is -2.30. The summed E-state index contributed by atoms with van der Waals surface area (Å²) >= 11 is 0. The molecule has 2 aromatic carbocycles. The molecule has 2 N–H and O–H groups in total. The largest absolute Gasteiger partial charge is 0.494 e. The summed E-state index contributed by atoms with van der Waals surface area (Å²) in [7, 11) is 0. The highest BCUT2D eigenvalue weighted by atomic mass is 16.5. The number of rotatable bonds is 7. The second-order valence-corrected chi connectivity index (χ2v) is 6.46. The Morgan fingerprint density at radius 3 is 2.43 bits per heavy atom. The molecule has 0 aromatic heterocycles. The molecule has 1 heterocycles. The Morgan fingerprint density at radius 1 is 1.14 bits per heavy atom. The van der Waals surface area contributed by atoms with Crippen LogP contribution in [0.3, 0.4) is 0 Å². The molecule has 2 atom stereocenters. The summed E-state index contributed by atoms with van der Waals surface area (Å²) in [5.41, 5.74) is 6.57. The van der Waals surface area contributed by atoms with Gasteiger partial charge < -0.3 is 20.1 Å². The van der Waals surface area contributed by atoms with Gasteiger partial charge in [0.2, 0.25) is 12.0 Å². The number of nitrogens with zero attached hydrogens (tertiary/aromatic N) is 1. The van der Waals surface area contributed by atoms with Crippen LogP contribution >= 0.6 is 0 Å². The maximum atomic E-state index is 12.6. The normalized spacial score (nSPS) is 17.2. The number of ether oxygens (including phenoxy) is 2. The highest BCUT2D eigenvalue weighted by molar-refractivity contribution is 5.99. The summed E-state index contributed by atoms with van der Waals surface area (Å²) in [6, 6.07) is 15.7. The topological polar surface area (TPSA) is 98.9 Å². The molecular formula is C21H22N2O5. The number of primary amides is 1. The third-order valence-electron chi connectivity index (χ3n) is 4.51. The number of hydrogen-bond acceptors (Lipinski definition) is 5. The Kier molecular flexibility index (Phi) is 5.93. The number of carbonyl (C=O) groups is 3. The first-order valence-corrected chi connectivity index (χ1v) is 9.07. The number of hydrogen-bond donors (Lipinski definition) is 1. The molecule has 2 aromatic rings. The maximum absolute atomic E-state index is 12.6. The third-order valence-corrected chi connectivity index (χ3v) is 4.51. The van der Waals surface area contributed by atoms with Crippen molar-refractivity contribution >= 4 is 23.5 Å². The van der Waals surface area contributed by atoms with Gasteiger partial charge in [-0.2, -0.15) is 0 Å². The highest BCUT2D eigenvalue weighted by Crippen LogP contribution is 2.29. The van der Waals surface area contributed by atoms with E-state index in [4.69, 9.17) is 15.2 Å². The van der Waals surface area contributed by atoms with Crippen LogP contribution in [0.1, 0.15) is 25.0 Å². The van der Waals surface area contributed by atoms with Gasteiger partial charge in [-0.25, -0.2) is 0 Å². The molecule has 1 fully saturated rings. The van der Waals surface area contributed by atoms with E-state index in [2.05, 4.69) is 0 Å². The first kappa shape index (κ1) is 19.4.